The van der Waals surface area contributed by atoms with Crippen molar-refractivity contribution in [3.63, 3.8) is 0 Å². The molecule has 106 valence electrons. The molecule has 0 radical (unpaired) electrons. The molecule has 0 amide bonds. The van der Waals surface area contributed by atoms with Crippen molar-refractivity contribution in [3.8, 4) is 0 Å². The molecule has 1 aromatic carbocycles. The van der Waals surface area contributed by atoms with E-state index in [9.17, 15) is 4.79 Å². The number of esters is 1. The first-order valence-corrected chi connectivity index (χ1v) is 6.66. The van der Waals surface area contributed by atoms with E-state index in [-0.39, 0.29) is 0 Å². The first-order valence-electron chi connectivity index (χ1n) is 6.66. The predicted octanol–water partition coefficient (Wildman–Crippen LogP) is 2.42. The number of carbonyl (C=O) groups excluding carboxylic acids is 1. The van der Waals surface area contributed by atoms with Gasteiger partial charge in [-0.1, -0.05) is 35.9 Å². The van der Waals surface area contributed by atoms with E-state index in [0.29, 0.717) is 23.6 Å². The molecule has 2 heterocycles. The van der Waals surface area contributed by atoms with Crippen LogP contribution in [-0.4, -0.2) is 27.7 Å². The summed E-state index contributed by atoms with van der Waals surface area (Å²) < 4.78 is 6.28. The fraction of sp³-hybridized carbons (Fsp3) is 0.188. The molecule has 3 aromatic rings. The highest BCUT2D eigenvalue weighted by Gasteiger charge is 2.13. The quantitative estimate of drug-likeness (QED) is 0.692. The van der Waals surface area contributed by atoms with E-state index >= 15 is 0 Å². The van der Waals surface area contributed by atoms with Crippen molar-refractivity contribution in [3.05, 3.63) is 65.1 Å². The zero-order valence-electron chi connectivity index (χ0n) is 11.9. The Morgan fingerprint density at radius 2 is 2.05 bits per heavy atom. The van der Waals surface area contributed by atoms with Crippen LogP contribution in [0.25, 0.3) is 5.65 Å². The van der Waals surface area contributed by atoms with Gasteiger partial charge in [0.15, 0.2) is 17.2 Å². The number of aryl methyl sites for hydroxylation is 1. The van der Waals surface area contributed by atoms with Crippen LogP contribution in [0.5, 0.6) is 0 Å². The molecule has 0 N–H and O–H groups in total. The Labute approximate surface area is 122 Å². The average Bonchev–Trinajstić information content (AvgIpc) is 2.88. The number of fused-ring (bicyclic) bond motifs is 1. The number of carbonyl (C=O) groups is 1. The highest BCUT2D eigenvalue weighted by atomic mass is 16.5. The fourth-order valence-electron chi connectivity index (χ4n) is 2.29. The number of aromatic nitrogens is 3. The lowest BCUT2D eigenvalue weighted by atomic mass is 10.1. The second-order valence-electron chi connectivity index (χ2n) is 4.87. The van der Waals surface area contributed by atoms with E-state index in [1.165, 1.54) is 17.2 Å². The van der Waals surface area contributed by atoms with E-state index in [4.69, 9.17) is 4.74 Å². The highest BCUT2D eigenvalue weighted by molar-refractivity contribution is 5.88. The van der Waals surface area contributed by atoms with Gasteiger partial charge in [0.1, 0.15) is 0 Å². The largest absolute Gasteiger partial charge is 0.464 e. The molecule has 2 aromatic heterocycles. The van der Waals surface area contributed by atoms with Crippen LogP contribution in [0.4, 0.5) is 0 Å². The molecule has 0 saturated heterocycles. The Bertz CT molecular complexity index is 808. The van der Waals surface area contributed by atoms with Gasteiger partial charge in [-0.15, -0.1) is 0 Å². The van der Waals surface area contributed by atoms with Crippen molar-refractivity contribution in [2.24, 2.45) is 0 Å². The third kappa shape index (κ3) is 2.63. The first kappa shape index (κ1) is 13.3. The lowest BCUT2D eigenvalue weighted by molar-refractivity contribution is 0.0591. The van der Waals surface area contributed by atoms with Gasteiger partial charge in [-0.3, -0.25) is 0 Å². The van der Waals surface area contributed by atoms with Crippen LogP contribution in [0.15, 0.2) is 42.5 Å². The molecule has 0 spiro atoms. The summed E-state index contributed by atoms with van der Waals surface area (Å²) in [6.45, 7) is 2.05. The third-order valence-corrected chi connectivity index (χ3v) is 3.24. The number of hydrogen-bond acceptors (Lipinski definition) is 4. The molecule has 0 aliphatic carbocycles. The van der Waals surface area contributed by atoms with Crippen LogP contribution in [0.2, 0.25) is 0 Å². The molecular formula is C16H15N3O2. The second kappa shape index (κ2) is 5.36. The molecule has 0 bridgehead atoms. The number of nitrogens with zero attached hydrogens (tertiary/aromatic N) is 3. The maximum atomic E-state index is 11.7. The Morgan fingerprint density at radius 1 is 1.24 bits per heavy atom. The zero-order chi connectivity index (χ0) is 14.8. The van der Waals surface area contributed by atoms with Crippen molar-refractivity contribution < 1.29 is 9.53 Å². The van der Waals surface area contributed by atoms with Crippen LogP contribution in [0, 0.1) is 6.92 Å². The summed E-state index contributed by atoms with van der Waals surface area (Å²) in [5.74, 6) is 0.254. The maximum absolute atomic E-state index is 11.7. The number of rotatable bonds is 3. The summed E-state index contributed by atoms with van der Waals surface area (Å²) in [6, 6.07) is 13.5. The minimum absolute atomic E-state index is 0.373. The summed E-state index contributed by atoms with van der Waals surface area (Å²) in [7, 11) is 1.35. The first-order chi connectivity index (χ1) is 10.2. The lowest BCUT2D eigenvalue weighted by Crippen LogP contribution is -2.08. The van der Waals surface area contributed by atoms with Gasteiger partial charge in [-0.05, 0) is 24.6 Å². The van der Waals surface area contributed by atoms with E-state index < -0.39 is 5.97 Å². The van der Waals surface area contributed by atoms with Crippen molar-refractivity contribution in [2.45, 2.75) is 13.3 Å². The average molecular weight is 281 g/mol. The van der Waals surface area contributed by atoms with Crippen LogP contribution in [0.3, 0.4) is 0 Å². The number of pyridine rings is 1. The van der Waals surface area contributed by atoms with Crippen molar-refractivity contribution in [2.75, 3.05) is 7.11 Å². The summed E-state index contributed by atoms with van der Waals surface area (Å²) in [6.07, 6.45) is 0.629. The lowest BCUT2D eigenvalue weighted by Gasteiger charge is -2.00. The molecule has 0 saturated carbocycles. The molecule has 0 aliphatic heterocycles. The maximum Gasteiger partial charge on any atom is 0.356 e. The van der Waals surface area contributed by atoms with Gasteiger partial charge in [-0.2, -0.15) is 5.10 Å². The van der Waals surface area contributed by atoms with Gasteiger partial charge in [0.25, 0.3) is 0 Å². The van der Waals surface area contributed by atoms with Crippen molar-refractivity contribution in [1.29, 1.82) is 0 Å². The molecule has 5 nitrogen and oxygen atoms in total. The summed E-state index contributed by atoms with van der Waals surface area (Å²) in [5, 5.41) is 4.41. The zero-order valence-corrected chi connectivity index (χ0v) is 11.9. The minimum Gasteiger partial charge on any atom is -0.464 e. The number of ether oxygens (including phenoxy) is 1. The number of benzene rings is 1. The molecular weight excluding hydrogens is 266 g/mol. The van der Waals surface area contributed by atoms with Crippen LogP contribution in [-0.2, 0) is 11.2 Å². The molecule has 0 atom stereocenters. The summed E-state index contributed by atoms with van der Waals surface area (Å²) in [4.78, 5) is 16.2. The number of methoxy groups -OCH3 is 1. The van der Waals surface area contributed by atoms with Crippen LogP contribution < -0.4 is 0 Å². The molecule has 5 heteroatoms. The van der Waals surface area contributed by atoms with Crippen LogP contribution >= 0.6 is 0 Å². The van der Waals surface area contributed by atoms with Crippen LogP contribution in [0.1, 0.15) is 27.4 Å². The van der Waals surface area contributed by atoms with E-state index in [0.717, 1.165) is 5.56 Å². The van der Waals surface area contributed by atoms with Crippen molar-refractivity contribution >= 4 is 11.6 Å². The van der Waals surface area contributed by atoms with Gasteiger partial charge in [0.05, 0.1) is 7.11 Å². The van der Waals surface area contributed by atoms with Gasteiger partial charge in [0.2, 0.25) is 0 Å². The molecule has 0 unspecified atom stereocenters. The Balaban J connectivity index is 1.99. The number of hydrogen-bond donors (Lipinski definition) is 0. The van der Waals surface area contributed by atoms with E-state index in [2.05, 4.69) is 29.1 Å². The monoisotopic (exact) mass is 281 g/mol. The van der Waals surface area contributed by atoms with Gasteiger partial charge >= 0.3 is 5.97 Å². The normalized spacial score (nSPS) is 10.8. The Kier molecular flexibility index (Phi) is 3.39. The van der Waals surface area contributed by atoms with E-state index in [1.54, 1.807) is 12.1 Å². The standard InChI is InChI=1S/C16H15N3O2/c1-11-5-3-6-12(9-11)10-14-17-15-8-4-7-13(16(20)21-2)19(15)18-14/h3-9H,10H2,1-2H3. The van der Waals surface area contributed by atoms with Gasteiger partial charge < -0.3 is 4.74 Å². The SMILES string of the molecule is COC(=O)c1cccc2nc(Cc3cccc(C)c3)nn12. The minimum atomic E-state index is -0.424. The Hall–Kier alpha value is -2.69. The van der Waals surface area contributed by atoms with Crippen molar-refractivity contribution in [1.82, 2.24) is 14.6 Å². The molecule has 3 rings (SSSR count). The van der Waals surface area contributed by atoms with E-state index in [1.807, 2.05) is 18.2 Å². The molecule has 21 heavy (non-hydrogen) atoms. The second-order valence-corrected chi connectivity index (χ2v) is 4.87. The Morgan fingerprint density at radius 3 is 2.81 bits per heavy atom. The topological polar surface area (TPSA) is 56.5 Å². The van der Waals surface area contributed by atoms with Gasteiger partial charge in [-0.25, -0.2) is 14.3 Å². The predicted molar refractivity (Wildman–Crippen MR) is 78.3 cm³/mol. The highest BCUT2D eigenvalue weighted by Crippen LogP contribution is 2.12. The fourth-order valence-corrected chi connectivity index (χ4v) is 2.29. The summed E-state index contributed by atoms with van der Waals surface area (Å²) in [5.41, 5.74) is 3.36. The summed E-state index contributed by atoms with van der Waals surface area (Å²) >= 11 is 0. The smallest absolute Gasteiger partial charge is 0.356 e. The molecule has 0 fully saturated rings. The van der Waals surface area contributed by atoms with Gasteiger partial charge in [0, 0.05) is 6.42 Å². The third-order valence-electron chi connectivity index (χ3n) is 3.24. The molecule has 0 aliphatic rings.